The van der Waals surface area contributed by atoms with Crippen LogP contribution in [0.3, 0.4) is 0 Å². The lowest BCUT2D eigenvalue weighted by Gasteiger charge is -2.13. The number of amides is 1. The van der Waals surface area contributed by atoms with E-state index in [1.165, 1.54) is 18.3 Å². The molecule has 0 aliphatic carbocycles. The standard InChI is InChI=1S/C20H20F2N4O3/c1-3-28-17-10-6-7-14(19(17)29-20(21)22)11-23-25-18(27)12-26-13(2)24-15-8-4-5-9-16(15)26/h4-11,20H,3,12H2,1-2H3,(H,25,27)/b23-11-. The molecule has 3 aromatic rings. The molecule has 1 amide bonds. The van der Waals surface area contributed by atoms with Gasteiger partial charge in [0.05, 0.1) is 23.9 Å². The fourth-order valence-electron chi connectivity index (χ4n) is 2.87. The quantitative estimate of drug-likeness (QED) is 0.462. The predicted molar refractivity (Wildman–Crippen MR) is 104 cm³/mol. The molecular formula is C20H20F2N4O3. The molecule has 152 valence electrons. The molecule has 3 rings (SSSR count). The van der Waals surface area contributed by atoms with Crippen LogP contribution in [0, 0.1) is 6.92 Å². The van der Waals surface area contributed by atoms with Crippen molar-refractivity contribution in [3.8, 4) is 11.5 Å². The molecule has 2 aromatic carbocycles. The lowest BCUT2D eigenvalue weighted by atomic mass is 10.2. The number of fused-ring (bicyclic) bond motifs is 1. The average molecular weight is 402 g/mol. The lowest BCUT2D eigenvalue weighted by molar-refractivity contribution is -0.121. The van der Waals surface area contributed by atoms with Gasteiger partial charge in [-0.3, -0.25) is 4.79 Å². The molecule has 0 aliphatic rings. The highest BCUT2D eigenvalue weighted by Crippen LogP contribution is 2.31. The number of aromatic nitrogens is 2. The van der Waals surface area contributed by atoms with Gasteiger partial charge in [0.1, 0.15) is 12.4 Å². The molecule has 0 spiro atoms. The Bertz CT molecular complexity index is 1030. The van der Waals surface area contributed by atoms with Crippen LogP contribution in [0.25, 0.3) is 11.0 Å². The number of carbonyl (C=O) groups excluding carboxylic acids is 1. The highest BCUT2D eigenvalue weighted by atomic mass is 19.3. The maximum atomic E-state index is 12.7. The molecule has 0 radical (unpaired) electrons. The van der Waals surface area contributed by atoms with Crippen LogP contribution in [0.4, 0.5) is 8.78 Å². The Labute approximate surface area is 165 Å². The maximum absolute atomic E-state index is 12.7. The summed E-state index contributed by atoms with van der Waals surface area (Å²) >= 11 is 0. The second-order valence-corrected chi connectivity index (χ2v) is 6.01. The van der Waals surface area contributed by atoms with Gasteiger partial charge in [-0.2, -0.15) is 13.9 Å². The van der Waals surface area contributed by atoms with Gasteiger partial charge in [0.25, 0.3) is 5.91 Å². The number of ether oxygens (including phenoxy) is 2. The number of alkyl halides is 2. The number of rotatable bonds is 8. The first-order chi connectivity index (χ1) is 14.0. The topological polar surface area (TPSA) is 77.7 Å². The van der Waals surface area contributed by atoms with E-state index in [4.69, 9.17) is 4.74 Å². The van der Waals surface area contributed by atoms with Crippen LogP contribution in [-0.4, -0.2) is 34.9 Å². The molecule has 1 heterocycles. The van der Waals surface area contributed by atoms with E-state index in [0.29, 0.717) is 5.82 Å². The average Bonchev–Trinajstić information content (AvgIpc) is 2.99. The van der Waals surface area contributed by atoms with Crippen molar-refractivity contribution in [1.82, 2.24) is 15.0 Å². The minimum Gasteiger partial charge on any atom is -0.490 e. The molecule has 7 nitrogen and oxygen atoms in total. The number of para-hydroxylation sites is 3. The van der Waals surface area contributed by atoms with Crippen molar-refractivity contribution in [1.29, 1.82) is 0 Å². The van der Waals surface area contributed by atoms with Gasteiger partial charge in [0.15, 0.2) is 11.5 Å². The van der Waals surface area contributed by atoms with Crippen molar-refractivity contribution in [2.24, 2.45) is 5.10 Å². The van der Waals surface area contributed by atoms with Crippen molar-refractivity contribution in [3.05, 3.63) is 53.9 Å². The van der Waals surface area contributed by atoms with E-state index in [2.05, 4.69) is 20.2 Å². The zero-order valence-corrected chi connectivity index (χ0v) is 15.9. The minimum atomic E-state index is -3.02. The molecule has 0 atom stereocenters. The third-order valence-corrected chi connectivity index (χ3v) is 4.06. The van der Waals surface area contributed by atoms with Crippen LogP contribution in [0.5, 0.6) is 11.5 Å². The van der Waals surface area contributed by atoms with Gasteiger partial charge in [-0.25, -0.2) is 10.4 Å². The molecular weight excluding hydrogens is 382 g/mol. The molecule has 1 aromatic heterocycles. The Morgan fingerprint density at radius 1 is 1.28 bits per heavy atom. The SMILES string of the molecule is CCOc1cccc(/C=N\NC(=O)Cn2c(C)nc3ccccc32)c1OC(F)F. The van der Waals surface area contributed by atoms with Gasteiger partial charge in [-0.1, -0.05) is 18.2 Å². The largest absolute Gasteiger partial charge is 0.490 e. The number of carbonyl (C=O) groups is 1. The third-order valence-electron chi connectivity index (χ3n) is 4.06. The van der Waals surface area contributed by atoms with Gasteiger partial charge >= 0.3 is 6.61 Å². The van der Waals surface area contributed by atoms with Crippen molar-refractivity contribution in [3.63, 3.8) is 0 Å². The molecule has 0 fully saturated rings. The van der Waals surface area contributed by atoms with E-state index < -0.39 is 6.61 Å². The van der Waals surface area contributed by atoms with Crippen LogP contribution in [0.2, 0.25) is 0 Å². The molecule has 9 heteroatoms. The number of nitrogens with one attached hydrogen (secondary N) is 1. The van der Waals surface area contributed by atoms with Gasteiger partial charge in [0.2, 0.25) is 0 Å². The van der Waals surface area contributed by atoms with E-state index in [1.807, 2.05) is 31.2 Å². The predicted octanol–water partition coefficient (Wildman–Crippen LogP) is 3.50. The summed E-state index contributed by atoms with van der Waals surface area (Å²) in [5, 5.41) is 3.86. The van der Waals surface area contributed by atoms with E-state index >= 15 is 0 Å². The molecule has 0 aliphatic heterocycles. The van der Waals surface area contributed by atoms with Crippen molar-refractivity contribution < 1.29 is 23.0 Å². The normalized spacial score (nSPS) is 11.3. The second-order valence-electron chi connectivity index (χ2n) is 6.01. The number of hydrogen-bond acceptors (Lipinski definition) is 5. The summed E-state index contributed by atoms with van der Waals surface area (Å²) in [7, 11) is 0. The Morgan fingerprint density at radius 3 is 2.83 bits per heavy atom. The highest BCUT2D eigenvalue weighted by molar-refractivity contribution is 5.87. The van der Waals surface area contributed by atoms with Gasteiger partial charge < -0.3 is 14.0 Å². The van der Waals surface area contributed by atoms with Crippen molar-refractivity contribution >= 4 is 23.2 Å². The van der Waals surface area contributed by atoms with Crippen molar-refractivity contribution in [2.45, 2.75) is 27.0 Å². The zero-order chi connectivity index (χ0) is 20.8. The van der Waals surface area contributed by atoms with Gasteiger partial charge in [-0.15, -0.1) is 0 Å². The number of imidazole rings is 1. The number of hydrogen-bond donors (Lipinski definition) is 1. The van der Waals surface area contributed by atoms with E-state index in [1.54, 1.807) is 17.6 Å². The molecule has 0 unspecified atom stereocenters. The number of halogens is 2. The molecule has 0 saturated heterocycles. The molecule has 0 saturated carbocycles. The van der Waals surface area contributed by atoms with Crippen LogP contribution >= 0.6 is 0 Å². The summed E-state index contributed by atoms with van der Waals surface area (Å²) in [5.74, 6) is 0.342. The Balaban J connectivity index is 1.73. The van der Waals surface area contributed by atoms with Crippen molar-refractivity contribution in [2.75, 3.05) is 6.61 Å². The lowest BCUT2D eigenvalue weighted by Crippen LogP contribution is -2.23. The van der Waals surface area contributed by atoms with E-state index in [9.17, 15) is 13.6 Å². The molecule has 29 heavy (non-hydrogen) atoms. The maximum Gasteiger partial charge on any atom is 0.387 e. The minimum absolute atomic E-state index is 0.0169. The highest BCUT2D eigenvalue weighted by Gasteiger charge is 2.15. The Kier molecular flexibility index (Phi) is 6.38. The molecule has 0 bridgehead atoms. The van der Waals surface area contributed by atoms with E-state index in [0.717, 1.165) is 11.0 Å². The Hall–Kier alpha value is -3.49. The summed E-state index contributed by atoms with van der Waals surface area (Å²) in [6.07, 6.45) is 1.23. The number of nitrogens with zero attached hydrogens (tertiary/aromatic N) is 3. The first-order valence-corrected chi connectivity index (χ1v) is 8.94. The van der Waals surface area contributed by atoms with Gasteiger partial charge in [-0.05, 0) is 38.1 Å². The number of aryl methyl sites for hydroxylation is 1. The summed E-state index contributed by atoms with van der Waals surface area (Å²) in [4.78, 5) is 16.7. The smallest absolute Gasteiger partial charge is 0.387 e. The van der Waals surface area contributed by atoms with Crippen LogP contribution in [0.15, 0.2) is 47.6 Å². The summed E-state index contributed by atoms with van der Waals surface area (Å²) in [5.41, 5.74) is 4.27. The third kappa shape index (κ3) is 4.87. The number of benzene rings is 2. The van der Waals surface area contributed by atoms with E-state index in [-0.39, 0.29) is 36.1 Å². The fraction of sp³-hybridized carbons (Fsp3) is 0.250. The Morgan fingerprint density at radius 2 is 2.07 bits per heavy atom. The monoisotopic (exact) mass is 402 g/mol. The second kappa shape index (κ2) is 9.13. The summed E-state index contributed by atoms with van der Waals surface area (Å²) < 4.78 is 37.1. The summed E-state index contributed by atoms with van der Waals surface area (Å²) in [6, 6.07) is 12.1. The van der Waals surface area contributed by atoms with Crippen LogP contribution < -0.4 is 14.9 Å². The first kappa shape index (κ1) is 20.2. The first-order valence-electron chi connectivity index (χ1n) is 8.94. The molecule has 1 N–H and O–H groups in total. The van der Waals surface area contributed by atoms with Gasteiger partial charge in [0, 0.05) is 5.56 Å². The summed E-state index contributed by atoms with van der Waals surface area (Å²) in [6.45, 7) is 0.826. The van der Waals surface area contributed by atoms with Crippen LogP contribution in [0.1, 0.15) is 18.3 Å². The van der Waals surface area contributed by atoms with Crippen LogP contribution in [-0.2, 0) is 11.3 Å². The zero-order valence-electron chi connectivity index (χ0n) is 15.9. The number of hydrazone groups is 1. The fourth-order valence-corrected chi connectivity index (χ4v) is 2.87.